The quantitative estimate of drug-likeness (QED) is 0.707. The summed E-state index contributed by atoms with van der Waals surface area (Å²) >= 11 is 0. The lowest BCUT2D eigenvalue weighted by Gasteiger charge is -2.14. The summed E-state index contributed by atoms with van der Waals surface area (Å²) in [6, 6.07) is 18.7. The summed E-state index contributed by atoms with van der Waals surface area (Å²) in [5.74, 6) is 1.41. The lowest BCUT2D eigenvalue weighted by Crippen LogP contribution is -2.06. The van der Waals surface area contributed by atoms with Gasteiger partial charge in [0.25, 0.3) is 0 Å². The van der Waals surface area contributed by atoms with Gasteiger partial charge < -0.3 is 10.1 Å². The molecule has 1 heterocycles. The van der Waals surface area contributed by atoms with Crippen LogP contribution in [0.15, 0.2) is 60.8 Å². The molecule has 1 N–H and O–H groups in total. The number of nitrogens with one attached hydrogen (secondary N) is 1. The molecular formula is C20H22N2O. The number of aromatic nitrogens is 1. The van der Waals surface area contributed by atoms with Gasteiger partial charge in [-0.1, -0.05) is 25.1 Å². The van der Waals surface area contributed by atoms with Gasteiger partial charge in [0.15, 0.2) is 0 Å². The van der Waals surface area contributed by atoms with Crippen molar-refractivity contribution in [1.82, 2.24) is 4.98 Å². The molecule has 0 radical (unpaired) electrons. The highest BCUT2D eigenvalue weighted by Gasteiger charge is 2.06. The van der Waals surface area contributed by atoms with Gasteiger partial charge >= 0.3 is 0 Å². The largest absolute Gasteiger partial charge is 0.497 e. The van der Waals surface area contributed by atoms with E-state index in [1.54, 1.807) is 7.11 Å². The van der Waals surface area contributed by atoms with E-state index in [0.29, 0.717) is 5.92 Å². The smallest absolute Gasteiger partial charge is 0.119 e. The second-order valence-electron chi connectivity index (χ2n) is 5.80. The summed E-state index contributed by atoms with van der Waals surface area (Å²) < 4.78 is 5.30. The fourth-order valence-corrected chi connectivity index (χ4v) is 2.73. The van der Waals surface area contributed by atoms with Crippen LogP contribution in [-0.2, 0) is 0 Å². The van der Waals surface area contributed by atoms with Crippen LogP contribution >= 0.6 is 0 Å². The number of pyridine rings is 1. The molecule has 0 aliphatic heterocycles. The van der Waals surface area contributed by atoms with Crippen LogP contribution in [0.3, 0.4) is 0 Å². The number of fused-ring (bicyclic) bond motifs is 1. The van der Waals surface area contributed by atoms with E-state index in [1.807, 2.05) is 18.3 Å². The third-order valence-corrected chi connectivity index (χ3v) is 4.17. The van der Waals surface area contributed by atoms with Crippen LogP contribution in [0.1, 0.15) is 24.8 Å². The molecule has 3 nitrogen and oxygen atoms in total. The van der Waals surface area contributed by atoms with Crippen LogP contribution in [0.2, 0.25) is 0 Å². The van der Waals surface area contributed by atoms with Crippen molar-refractivity contribution in [3.63, 3.8) is 0 Å². The van der Waals surface area contributed by atoms with Crippen LogP contribution in [0.5, 0.6) is 5.75 Å². The maximum atomic E-state index is 5.30. The van der Waals surface area contributed by atoms with E-state index < -0.39 is 0 Å². The molecule has 3 aromatic rings. The van der Waals surface area contributed by atoms with Crippen LogP contribution in [0, 0.1) is 0 Å². The van der Waals surface area contributed by atoms with Gasteiger partial charge in [-0.25, -0.2) is 0 Å². The van der Waals surface area contributed by atoms with Crippen LogP contribution < -0.4 is 10.1 Å². The van der Waals surface area contributed by atoms with Crippen molar-refractivity contribution in [3.8, 4) is 5.75 Å². The van der Waals surface area contributed by atoms with Crippen LogP contribution in [-0.4, -0.2) is 18.6 Å². The van der Waals surface area contributed by atoms with E-state index in [1.165, 1.54) is 10.9 Å². The minimum absolute atomic E-state index is 0.486. The molecule has 0 amide bonds. The Morgan fingerprint density at radius 2 is 2.00 bits per heavy atom. The van der Waals surface area contributed by atoms with Crippen molar-refractivity contribution in [2.45, 2.75) is 19.3 Å². The van der Waals surface area contributed by atoms with E-state index in [4.69, 9.17) is 4.74 Å². The number of methoxy groups -OCH3 is 1. The summed E-state index contributed by atoms with van der Waals surface area (Å²) in [5.41, 5.74) is 3.49. The molecule has 3 heteroatoms. The highest BCUT2D eigenvalue weighted by molar-refractivity contribution is 5.82. The average molecular weight is 306 g/mol. The standard InChI is InChI=1S/C20H22N2O/c1-15(16-5-3-7-19(14-16)23-2)10-12-21-18-8-9-20-17(13-18)6-4-11-22-20/h3-9,11,13-15,21H,10,12H2,1-2H3. The van der Waals surface area contributed by atoms with E-state index >= 15 is 0 Å². The topological polar surface area (TPSA) is 34.1 Å². The molecule has 1 atom stereocenters. The van der Waals surface area contributed by atoms with Gasteiger partial charge in [0.2, 0.25) is 0 Å². The lowest BCUT2D eigenvalue weighted by molar-refractivity contribution is 0.414. The van der Waals surface area contributed by atoms with Crippen molar-refractivity contribution in [2.24, 2.45) is 0 Å². The fourth-order valence-electron chi connectivity index (χ4n) is 2.73. The van der Waals surface area contributed by atoms with E-state index in [-0.39, 0.29) is 0 Å². The van der Waals surface area contributed by atoms with Gasteiger partial charge in [0, 0.05) is 23.8 Å². The number of ether oxygens (including phenoxy) is 1. The number of nitrogens with zero attached hydrogens (tertiary/aromatic N) is 1. The lowest BCUT2D eigenvalue weighted by atomic mass is 9.97. The molecule has 0 saturated heterocycles. The van der Waals surface area contributed by atoms with Gasteiger partial charge in [0.05, 0.1) is 12.6 Å². The Kier molecular flexibility index (Phi) is 4.77. The zero-order valence-electron chi connectivity index (χ0n) is 13.6. The van der Waals surface area contributed by atoms with E-state index in [9.17, 15) is 0 Å². The monoisotopic (exact) mass is 306 g/mol. The maximum Gasteiger partial charge on any atom is 0.119 e. The Labute approximate surface area is 137 Å². The van der Waals surface area contributed by atoms with E-state index in [2.05, 4.69) is 59.7 Å². The van der Waals surface area contributed by atoms with Crippen molar-refractivity contribution >= 4 is 16.6 Å². The highest BCUT2D eigenvalue weighted by Crippen LogP contribution is 2.23. The molecule has 118 valence electrons. The maximum absolute atomic E-state index is 5.30. The Bertz CT molecular complexity index is 785. The molecule has 23 heavy (non-hydrogen) atoms. The molecule has 0 spiro atoms. The highest BCUT2D eigenvalue weighted by atomic mass is 16.5. The minimum atomic E-state index is 0.486. The zero-order chi connectivity index (χ0) is 16.1. The fraction of sp³-hybridized carbons (Fsp3) is 0.250. The molecule has 1 unspecified atom stereocenters. The van der Waals surface area contributed by atoms with Crippen molar-refractivity contribution in [2.75, 3.05) is 19.0 Å². The molecule has 0 aliphatic carbocycles. The second kappa shape index (κ2) is 7.14. The number of hydrogen-bond acceptors (Lipinski definition) is 3. The first kappa shape index (κ1) is 15.3. The summed E-state index contributed by atoms with van der Waals surface area (Å²) in [4.78, 5) is 4.35. The van der Waals surface area contributed by atoms with Gasteiger partial charge in [-0.15, -0.1) is 0 Å². The molecular weight excluding hydrogens is 284 g/mol. The molecule has 3 rings (SSSR count). The summed E-state index contributed by atoms with van der Waals surface area (Å²) in [6.07, 6.45) is 2.89. The summed E-state index contributed by atoms with van der Waals surface area (Å²) in [7, 11) is 1.71. The van der Waals surface area contributed by atoms with Crippen molar-refractivity contribution < 1.29 is 4.74 Å². The van der Waals surface area contributed by atoms with Gasteiger partial charge in [0.1, 0.15) is 5.75 Å². The molecule has 0 fully saturated rings. The molecule has 0 bridgehead atoms. The number of benzene rings is 2. The van der Waals surface area contributed by atoms with Gasteiger partial charge in [-0.2, -0.15) is 0 Å². The Morgan fingerprint density at radius 3 is 2.87 bits per heavy atom. The molecule has 0 saturated carbocycles. The van der Waals surface area contributed by atoms with E-state index in [0.717, 1.165) is 29.9 Å². The third-order valence-electron chi connectivity index (χ3n) is 4.17. The number of hydrogen-bond donors (Lipinski definition) is 1. The van der Waals surface area contributed by atoms with Crippen LogP contribution in [0.4, 0.5) is 5.69 Å². The molecule has 2 aromatic carbocycles. The third kappa shape index (κ3) is 3.81. The average Bonchev–Trinajstić information content (AvgIpc) is 2.61. The normalized spacial score (nSPS) is 12.1. The Balaban J connectivity index is 1.59. The predicted octanol–water partition coefficient (Wildman–Crippen LogP) is 4.85. The zero-order valence-corrected chi connectivity index (χ0v) is 13.6. The molecule has 1 aromatic heterocycles. The SMILES string of the molecule is COc1cccc(C(C)CCNc2ccc3ncccc3c2)c1. The second-order valence-corrected chi connectivity index (χ2v) is 5.80. The van der Waals surface area contributed by atoms with Gasteiger partial charge in [-0.05, 0) is 54.3 Å². The van der Waals surface area contributed by atoms with Crippen molar-refractivity contribution in [3.05, 3.63) is 66.4 Å². The summed E-state index contributed by atoms with van der Waals surface area (Å²) in [5, 5.41) is 4.67. The first-order valence-electron chi connectivity index (χ1n) is 7.99. The summed E-state index contributed by atoms with van der Waals surface area (Å²) in [6.45, 7) is 3.19. The van der Waals surface area contributed by atoms with Crippen LogP contribution in [0.25, 0.3) is 10.9 Å². The minimum Gasteiger partial charge on any atom is -0.497 e. The van der Waals surface area contributed by atoms with Crippen molar-refractivity contribution in [1.29, 1.82) is 0 Å². The molecule has 0 aliphatic rings. The Hall–Kier alpha value is -2.55. The number of rotatable bonds is 6. The Morgan fingerprint density at radius 1 is 1.09 bits per heavy atom. The predicted molar refractivity (Wildman–Crippen MR) is 96.3 cm³/mol. The first-order chi connectivity index (χ1) is 11.3. The number of anilines is 1. The van der Waals surface area contributed by atoms with Gasteiger partial charge in [-0.3, -0.25) is 4.98 Å². The first-order valence-corrected chi connectivity index (χ1v) is 7.99.